The van der Waals surface area contributed by atoms with Crippen LogP contribution >= 0.6 is 0 Å². The molecule has 0 saturated heterocycles. The number of aryl methyl sites for hydroxylation is 1. The number of benzene rings is 1. The van der Waals surface area contributed by atoms with Gasteiger partial charge in [0.25, 0.3) is 0 Å². The van der Waals surface area contributed by atoms with Crippen LogP contribution in [-0.4, -0.2) is 11.7 Å². The second kappa shape index (κ2) is 4.20. The van der Waals surface area contributed by atoms with Crippen molar-refractivity contribution in [2.45, 2.75) is 13.3 Å². The second-order valence-corrected chi connectivity index (χ2v) is 2.88. The molecule has 4 heteroatoms. The van der Waals surface area contributed by atoms with Crippen LogP contribution in [0.4, 0.5) is 4.39 Å². The van der Waals surface area contributed by atoms with Crippen molar-refractivity contribution in [3.63, 3.8) is 0 Å². The summed E-state index contributed by atoms with van der Waals surface area (Å²) in [5.41, 5.74) is 1.23. The Balaban J connectivity index is 2.92. The van der Waals surface area contributed by atoms with Gasteiger partial charge in [-0.25, -0.2) is 10.3 Å². The number of halogens is 1. The number of aromatic hydroxyl groups is 1. The molecule has 0 aliphatic carbocycles. The van der Waals surface area contributed by atoms with E-state index in [1.807, 2.05) is 0 Å². The van der Waals surface area contributed by atoms with Gasteiger partial charge in [-0.15, -0.1) is 0 Å². The molecule has 0 saturated carbocycles. The third-order valence-corrected chi connectivity index (χ3v) is 1.76. The van der Waals surface area contributed by atoms with E-state index in [9.17, 15) is 4.39 Å². The summed E-state index contributed by atoms with van der Waals surface area (Å²) in [5, 5.41) is 9.13. The average Bonchev–Trinajstić information content (AvgIpc) is 2.09. The van der Waals surface area contributed by atoms with Gasteiger partial charge in [-0.2, -0.15) is 0 Å². The summed E-state index contributed by atoms with van der Waals surface area (Å²) in [7, 11) is 0. The molecule has 0 aromatic heterocycles. The Labute approximate surface area is 75.9 Å². The first-order valence-corrected chi connectivity index (χ1v) is 3.95. The molecule has 0 aliphatic heterocycles. The maximum Gasteiger partial charge on any atom is 0.168 e. The van der Waals surface area contributed by atoms with Gasteiger partial charge in [0, 0.05) is 6.42 Å². The van der Waals surface area contributed by atoms with Crippen molar-refractivity contribution in [1.29, 1.82) is 0 Å². The van der Waals surface area contributed by atoms with E-state index in [1.54, 1.807) is 13.0 Å². The minimum absolute atomic E-state index is 0.236. The highest BCUT2D eigenvalue weighted by atomic mass is 19.1. The predicted octanol–water partition coefficient (Wildman–Crippen LogP) is 1.27. The lowest BCUT2D eigenvalue weighted by Gasteiger charge is -2.05. The predicted molar refractivity (Wildman–Crippen MR) is 46.6 cm³/mol. The molecule has 72 valence electrons. The van der Waals surface area contributed by atoms with Crippen LogP contribution in [0, 0.1) is 12.7 Å². The molecule has 0 amide bonds. The lowest BCUT2D eigenvalue weighted by atomic mass is 10.1. The van der Waals surface area contributed by atoms with E-state index in [4.69, 9.17) is 11.0 Å². The maximum atomic E-state index is 13.2. The number of hydrogen-bond donors (Lipinski definition) is 2. The molecule has 0 fully saturated rings. The van der Waals surface area contributed by atoms with Crippen LogP contribution in [-0.2, 0) is 11.3 Å². The Bertz CT molecular complexity index is 302. The van der Waals surface area contributed by atoms with E-state index < -0.39 is 5.82 Å². The first-order valence-electron chi connectivity index (χ1n) is 3.95. The van der Waals surface area contributed by atoms with Gasteiger partial charge in [-0.05, 0) is 24.1 Å². The largest absolute Gasteiger partial charge is 0.505 e. The van der Waals surface area contributed by atoms with Crippen molar-refractivity contribution < 1.29 is 14.3 Å². The Morgan fingerprint density at radius 3 is 2.85 bits per heavy atom. The van der Waals surface area contributed by atoms with Crippen LogP contribution in [0.15, 0.2) is 12.1 Å². The summed E-state index contributed by atoms with van der Waals surface area (Å²) >= 11 is 0. The van der Waals surface area contributed by atoms with Crippen molar-refractivity contribution in [3.05, 3.63) is 29.1 Å². The highest BCUT2D eigenvalue weighted by molar-refractivity contribution is 5.34. The van der Waals surface area contributed by atoms with E-state index in [1.165, 1.54) is 6.07 Å². The summed E-state index contributed by atoms with van der Waals surface area (Å²) in [6, 6.07) is 3.04. The lowest BCUT2D eigenvalue weighted by Crippen LogP contribution is -2.05. The molecular formula is C9H12FNO2. The Morgan fingerprint density at radius 2 is 2.23 bits per heavy atom. The summed E-state index contributed by atoms with van der Waals surface area (Å²) in [6.07, 6.45) is 0.359. The van der Waals surface area contributed by atoms with E-state index in [0.29, 0.717) is 12.0 Å². The van der Waals surface area contributed by atoms with Crippen LogP contribution in [0.1, 0.15) is 11.1 Å². The number of hydrogen-bond acceptors (Lipinski definition) is 3. The molecule has 1 aromatic carbocycles. The van der Waals surface area contributed by atoms with Crippen LogP contribution in [0.5, 0.6) is 5.75 Å². The summed E-state index contributed by atoms with van der Waals surface area (Å²) in [6.45, 7) is 2.02. The fourth-order valence-corrected chi connectivity index (χ4v) is 1.17. The number of rotatable bonds is 3. The Morgan fingerprint density at radius 1 is 1.54 bits per heavy atom. The van der Waals surface area contributed by atoms with Gasteiger partial charge in [0.2, 0.25) is 0 Å². The maximum absolute atomic E-state index is 13.2. The van der Waals surface area contributed by atoms with Crippen molar-refractivity contribution >= 4 is 0 Å². The standard InChI is InChI=1S/C9H12FNO2/c1-6-4-7(2-3-13-11)9(10)8(12)5-6/h4-5,12H,2-3,11H2,1H3. The number of nitrogens with two attached hydrogens (primary N) is 1. The van der Waals surface area contributed by atoms with Gasteiger partial charge >= 0.3 is 0 Å². The van der Waals surface area contributed by atoms with E-state index in [2.05, 4.69) is 4.84 Å². The third kappa shape index (κ3) is 2.40. The third-order valence-electron chi connectivity index (χ3n) is 1.76. The molecule has 0 aliphatic rings. The molecule has 13 heavy (non-hydrogen) atoms. The van der Waals surface area contributed by atoms with Crippen molar-refractivity contribution in [2.24, 2.45) is 5.90 Å². The number of phenols is 1. The summed E-state index contributed by atoms with van der Waals surface area (Å²) < 4.78 is 13.2. The molecule has 0 unspecified atom stereocenters. The van der Waals surface area contributed by atoms with Crippen molar-refractivity contribution in [1.82, 2.24) is 0 Å². The summed E-state index contributed by atoms with van der Waals surface area (Å²) in [5.74, 6) is 3.90. The zero-order valence-corrected chi connectivity index (χ0v) is 7.38. The lowest BCUT2D eigenvalue weighted by molar-refractivity contribution is 0.140. The first kappa shape index (κ1) is 9.95. The average molecular weight is 185 g/mol. The second-order valence-electron chi connectivity index (χ2n) is 2.88. The van der Waals surface area contributed by atoms with Gasteiger partial charge in [0.05, 0.1) is 6.61 Å². The normalized spacial score (nSPS) is 10.4. The van der Waals surface area contributed by atoms with Gasteiger partial charge in [0.1, 0.15) is 0 Å². The molecule has 0 bridgehead atoms. The van der Waals surface area contributed by atoms with Gasteiger partial charge < -0.3 is 9.94 Å². The zero-order valence-electron chi connectivity index (χ0n) is 7.38. The smallest absolute Gasteiger partial charge is 0.168 e. The molecule has 3 nitrogen and oxygen atoms in total. The molecule has 0 atom stereocenters. The quantitative estimate of drug-likeness (QED) is 0.697. The van der Waals surface area contributed by atoms with Crippen LogP contribution < -0.4 is 5.90 Å². The minimum atomic E-state index is -0.595. The topological polar surface area (TPSA) is 55.5 Å². The highest BCUT2D eigenvalue weighted by Gasteiger charge is 2.07. The molecule has 3 N–H and O–H groups in total. The molecular weight excluding hydrogens is 173 g/mol. The van der Waals surface area contributed by atoms with E-state index in [-0.39, 0.29) is 12.4 Å². The van der Waals surface area contributed by atoms with Gasteiger partial charge in [-0.1, -0.05) is 6.07 Å². The molecule has 0 radical (unpaired) electrons. The van der Waals surface area contributed by atoms with Crippen molar-refractivity contribution in [3.8, 4) is 5.75 Å². The van der Waals surface area contributed by atoms with Crippen LogP contribution in [0.2, 0.25) is 0 Å². The molecule has 0 spiro atoms. The molecule has 1 rings (SSSR count). The zero-order chi connectivity index (χ0) is 9.84. The van der Waals surface area contributed by atoms with Gasteiger partial charge in [0.15, 0.2) is 11.6 Å². The SMILES string of the molecule is Cc1cc(O)c(F)c(CCON)c1. The molecule has 0 heterocycles. The fraction of sp³-hybridized carbons (Fsp3) is 0.333. The van der Waals surface area contributed by atoms with Crippen molar-refractivity contribution in [2.75, 3.05) is 6.61 Å². The van der Waals surface area contributed by atoms with E-state index in [0.717, 1.165) is 5.56 Å². The number of phenolic OH excluding ortho intramolecular Hbond substituents is 1. The summed E-state index contributed by atoms with van der Waals surface area (Å²) in [4.78, 5) is 4.33. The monoisotopic (exact) mass is 185 g/mol. The fourth-order valence-electron chi connectivity index (χ4n) is 1.17. The van der Waals surface area contributed by atoms with E-state index >= 15 is 0 Å². The molecule has 1 aromatic rings. The van der Waals surface area contributed by atoms with Gasteiger partial charge in [-0.3, -0.25) is 0 Å². The Kier molecular flexibility index (Phi) is 3.22. The van der Waals surface area contributed by atoms with Crippen LogP contribution in [0.25, 0.3) is 0 Å². The highest BCUT2D eigenvalue weighted by Crippen LogP contribution is 2.21. The minimum Gasteiger partial charge on any atom is -0.505 e. The Hall–Kier alpha value is -1.13. The first-order chi connectivity index (χ1) is 6.15. The van der Waals surface area contributed by atoms with Crippen LogP contribution in [0.3, 0.4) is 0 Å².